The minimum Gasteiger partial charge on any atom is -0.371 e. The molecule has 1 aliphatic heterocycles. The molecule has 0 radical (unpaired) electrons. The van der Waals surface area contributed by atoms with Crippen LogP contribution in [0.25, 0.3) is 0 Å². The molecular weight excluding hydrogens is 308 g/mol. The van der Waals surface area contributed by atoms with E-state index in [0.29, 0.717) is 5.56 Å². The minimum absolute atomic E-state index is 0.0849. The Balaban J connectivity index is 1.69. The van der Waals surface area contributed by atoms with Gasteiger partial charge < -0.3 is 15.4 Å². The molecule has 5 heteroatoms. The van der Waals surface area contributed by atoms with E-state index in [1.807, 2.05) is 54.8 Å². The molecule has 0 aromatic heterocycles. The topological polar surface area (TPSA) is 50.4 Å². The molecule has 1 saturated heterocycles. The molecule has 4 nitrogen and oxygen atoms in total. The first kappa shape index (κ1) is 16.1. The van der Waals surface area contributed by atoms with E-state index in [4.69, 9.17) is 4.74 Å². The highest BCUT2D eigenvalue weighted by atomic mass is 32.2. The predicted molar refractivity (Wildman–Crippen MR) is 94.2 cm³/mol. The van der Waals surface area contributed by atoms with E-state index in [-0.39, 0.29) is 12.0 Å². The predicted octanol–water partition coefficient (Wildman–Crippen LogP) is 3.32. The summed E-state index contributed by atoms with van der Waals surface area (Å²) in [6.45, 7) is 2.46. The van der Waals surface area contributed by atoms with Gasteiger partial charge in [-0.05, 0) is 36.1 Å². The van der Waals surface area contributed by atoms with E-state index < -0.39 is 0 Å². The molecular formula is C18H20N2O2S. The van der Waals surface area contributed by atoms with Crippen molar-refractivity contribution in [3.05, 3.63) is 59.7 Å². The van der Waals surface area contributed by atoms with Gasteiger partial charge in [0.1, 0.15) is 0 Å². The van der Waals surface area contributed by atoms with Gasteiger partial charge in [0.2, 0.25) is 0 Å². The summed E-state index contributed by atoms with van der Waals surface area (Å²) >= 11 is 1.57. The Kier molecular flexibility index (Phi) is 5.33. The van der Waals surface area contributed by atoms with Gasteiger partial charge in [0.25, 0.3) is 5.91 Å². The molecule has 3 rings (SSSR count). The summed E-state index contributed by atoms with van der Waals surface area (Å²) in [6.07, 6.45) is 2.06. The maximum Gasteiger partial charge on any atom is 0.256 e. The number of benzene rings is 2. The Labute approximate surface area is 140 Å². The molecule has 1 fully saturated rings. The van der Waals surface area contributed by atoms with Gasteiger partial charge in [0, 0.05) is 23.7 Å². The van der Waals surface area contributed by atoms with Crippen molar-refractivity contribution in [2.24, 2.45) is 0 Å². The number of hydrogen-bond acceptors (Lipinski definition) is 4. The fraction of sp³-hybridized carbons (Fsp3) is 0.278. The third kappa shape index (κ3) is 3.93. The summed E-state index contributed by atoms with van der Waals surface area (Å²) in [5, 5.41) is 6.27. The standard InChI is InChI=1S/C18H20N2O2S/c1-23-17-5-3-2-4-15(17)18(21)20-14-8-6-13(7-9-14)16-12-19-10-11-22-16/h2-9,16,19H,10-12H2,1H3,(H,20,21)/t16-/m1/s1. The first-order valence-corrected chi connectivity index (χ1v) is 8.87. The number of hydrogen-bond donors (Lipinski definition) is 2. The van der Waals surface area contributed by atoms with Crippen molar-refractivity contribution in [3.63, 3.8) is 0 Å². The van der Waals surface area contributed by atoms with E-state index in [1.54, 1.807) is 11.8 Å². The number of nitrogens with one attached hydrogen (secondary N) is 2. The molecule has 0 aliphatic carbocycles. The number of thioether (sulfide) groups is 1. The summed E-state index contributed by atoms with van der Waals surface area (Å²) < 4.78 is 5.73. The largest absolute Gasteiger partial charge is 0.371 e. The van der Waals surface area contributed by atoms with Crippen LogP contribution in [-0.4, -0.2) is 31.9 Å². The third-order valence-corrected chi connectivity index (χ3v) is 4.62. The second kappa shape index (κ2) is 7.64. The SMILES string of the molecule is CSc1ccccc1C(=O)Nc1ccc([C@H]2CNCCO2)cc1. The van der Waals surface area contributed by atoms with Crippen LogP contribution >= 0.6 is 11.8 Å². The van der Waals surface area contributed by atoms with Crippen LogP contribution in [0.4, 0.5) is 5.69 Å². The maximum absolute atomic E-state index is 12.4. The van der Waals surface area contributed by atoms with Crippen molar-refractivity contribution in [3.8, 4) is 0 Å². The fourth-order valence-electron chi connectivity index (χ4n) is 2.59. The van der Waals surface area contributed by atoms with Crippen LogP contribution < -0.4 is 10.6 Å². The zero-order chi connectivity index (χ0) is 16.1. The highest BCUT2D eigenvalue weighted by molar-refractivity contribution is 7.98. The summed E-state index contributed by atoms with van der Waals surface area (Å²) in [5.74, 6) is -0.0849. The first-order chi connectivity index (χ1) is 11.3. The van der Waals surface area contributed by atoms with Gasteiger partial charge in [-0.25, -0.2) is 0 Å². The number of morpholine rings is 1. The zero-order valence-electron chi connectivity index (χ0n) is 13.0. The van der Waals surface area contributed by atoms with Gasteiger partial charge in [-0.15, -0.1) is 11.8 Å². The number of ether oxygens (including phenoxy) is 1. The molecule has 2 N–H and O–H groups in total. The Morgan fingerprint density at radius 2 is 2.00 bits per heavy atom. The van der Waals surface area contributed by atoms with Crippen LogP contribution in [0.2, 0.25) is 0 Å². The van der Waals surface area contributed by atoms with Crippen molar-refractivity contribution < 1.29 is 9.53 Å². The van der Waals surface area contributed by atoms with E-state index in [2.05, 4.69) is 10.6 Å². The van der Waals surface area contributed by atoms with Gasteiger partial charge in [-0.2, -0.15) is 0 Å². The summed E-state index contributed by atoms with van der Waals surface area (Å²) in [4.78, 5) is 13.4. The van der Waals surface area contributed by atoms with Crippen LogP contribution in [0.3, 0.4) is 0 Å². The van der Waals surface area contributed by atoms with Gasteiger partial charge >= 0.3 is 0 Å². The Bertz CT molecular complexity index is 667. The number of amides is 1. The molecule has 1 aliphatic rings. The lowest BCUT2D eigenvalue weighted by atomic mass is 10.1. The first-order valence-electron chi connectivity index (χ1n) is 7.64. The van der Waals surface area contributed by atoms with E-state index in [0.717, 1.165) is 35.8 Å². The van der Waals surface area contributed by atoms with Crippen LogP contribution in [0.15, 0.2) is 53.4 Å². The van der Waals surface area contributed by atoms with Crippen molar-refractivity contribution in [1.29, 1.82) is 0 Å². The third-order valence-electron chi connectivity index (χ3n) is 3.82. The van der Waals surface area contributed by atoms with Crippen LogP contribution in [0, 0.1) is 0 Å². The molecule has 1 heterocycles. The van der Waals surface area contributed by atoms with Crippen LogP contribution in [-0.2, 0) is 4.74 Å². The van der Waals surface area contributed by atoms with Crippen molar-refractivity contribution in [1.82, 2.24) is 5.32 Å². The minimum atomic E-state index is -0.0849. The van der Waals surface area contributed by atoms with E-state index in [1.165, 1.54) is 0 Å². The van der Waals surface area contributed by atoms with E-state index >= 15 is 0 Å². The molecule has 1 amide bonds. The second-order valence-electron chi connectivity index (χ2n) is 5.34. The Morgan fingerprint density at radius 3 is 2.70 bits per heavy atom. The molecule has 1 atom stereocenters. The molecule has 0 spiro atoms. The number of anilines is 1. The average Bonchev–Trinajstić information content (AvgIpc) is 2.63. The highest BCUT2D eigenvalue weighted by Gasteiger charge is 2.16. The van der Waals surface area contributed by atoms with Gasteiger partial charge in [0.15, 0.2) is 0 Å². The van der Waals surface area contributed by atoms with Crippen LogP contribution in [0.1, 0.15) is 22.0 Å². The van der Waals surface area contributed by atoms with Gasteiger partial charge in [-0.3, -0.25) is 4.79 Å². The lowest BCUT2D eigenvalue weighted by Gasteiger charge is -2.24. The normalized spacial score (nSPS) is 17.7. The average molecular weight is 328 g/mol. The maximum atomic E-state index is 12.4. The molecule has 2 aromatic carbocycles. The molecule has 0 saturated carbocycles. The molecule has 0 bridgehead atoms. The highest BCUT2D eigenvalue weighted by Crippen LogP contribution is 2.23. The monoisotopic (exact) mass is 328 g/mol. The lowest BCUT2D eigenvalue weighted by molar-refractivity contribution is 0.0277. The van der Waals surface area contributed by atoms with Gasteiger partial charge in [0.05, 0.1) is 18.3 Å². The molecule has 0 unspecified atom stereocenters. The fourth-order valence-corrected chi connectivity index (χ4v) is 3.19. The lowest BCUT2D eigenvalue weighted by Crippen LogP contribution is -2.33. The second-order valence-corrected chi connectivity index (χ2v) is 6.19. The van der Waals surface area contributed by atoms with Crippen LogP contribution in [0.5, 0.6) is 0 Å². The molecule has 120 valence electrons. The van der Waals surface area contributed by atoms with Gasteiger partial charge in [-0.1, -0.05) is 24.3 Å². The number of rotatable bonds is 4. The Hall–Kier alpha value is -1.82. The quantitative estimate of drug-likeness (QED) is 0.846. The zero-order valence-corrected chi connectivity index (χ0v) is 13.9. The number of carbonyl (C=O) groups excluding carboxylic acids is 1. The smallest absolute Gasteiger partial charge is 0.256 e. The van der Waals surface area contributed by atoms with E-state index in [9.17, 15) is 4.79 Å². The van der Waals surface area contributed by atoms with Crippen molar-refractivity contribution >= 4 is 23.4 Å². The Morgan fingerprint density at radius 1 is 1.22 bits per heavy atom. The van der Waals surface area contributed by atoms with Crippen molar-refractivity contribution in [2.45, 2.75) is 11.0 Å². The summed E-state index contributed by atoms with van der Waals surface area (Å²) in [5.41, 5.74) is 2.61. The summed E-state index contributed by atoms with van der Waals surface area (Å²) in [7, 11) is 0. The molecule has 23 heavy (non-hydrogen) atoms. The molecule has 2 aromatic rings. The van der Waals surface area contributed by atoms with Crippen molar-refractivity contribution in [2.75, 3.05) is 31.3 Å². The number of carbonyl (C=O) groups is 1. The summed E-state index contributed by atoms with van der Waals surface area (Å²) in [6, 6.07) is 15.5.